The van der Waals surface area contributed by atoms with Gasteiger partial charge in [-0.2, -0.15) is 4.78 Å². The van der Waals surface area contributed by atoms with Gasteiger partial charge in [-0.3, -0.25) is 0 Å². The average molecular weight is 479 g/mol. The lowest BCUT2D eigenvalue weighted by Crippen LogP contribution is -2.34. The summed E-state index contributed by atoms with van der Waals surface area (Å²) in [4.78, 5) is 0. The predicted molar refractivity (Wildman–Crippen MR) is 146 cm³/mol. The minimum atomic E-state index is -0.839. The number of benzene rings is 1. The number of hydrogen-bond donors (Lipinski definition) is 0. The van der Waals surface area contributed by atoms with E-state index in [1.165, 1.54) is 22.4 Å². The van der Waals surface area contributed by atoms with Crippen LogP contribution in [0.3, 0.4) is 0 Å². The summed E-state index contributed by atoms with van der Waals surface area (Å²) in [5.41, 5.74) is 5.27. The topological polar surface area (TPSA) is 31.2 Å². The van der Waals surface area contributed by atoms with E-state index in [0.717, 1.165) is 0 Å². The molecule has 6 heteroatoms. The number of nitrogens with zero attached hydrogens (tertiary/aromatic N) is 4. The molecule has 0 aromatic heterocycles. The van der Waals surface area contributed by atoms with E-state index in [1.54, 1.807) is 0 Å². The molecular formula is C26H47N4PS. The molecule has 0 amide bonds. The van der Waals surface area contributed by atoms with Crippen LogP contribution in [-0.2, 0) is 16.2 Å². The highest BCUT2D eigenvalue weighted by Crippen LogP contribution is 2.68. The van der Waals surface area contributed by atoms with Crippen molar-refractivity contribution in [3.8, 4) is 0 Å². The van der Waals surface area contributed by atoms with Gasteiger partial charge in [0.15, 0.2) is 0 Å². The second-order valence-electron chi connectivity index (χ2n) is 14.1. The molecule has 1 aromatic carbocycles. The highest BCUT2D eigenvalue weighted by molar-refractivity contribution is 8.56. The van der Waals surface area contributed by atoms with Gasteiger partial charge in [0.05, 0.1) is 11.2 Å². The molecule has 0 saturated heterocycles. The van der Waals surface area contributed by atoms with Gasteiger partial charge in [-0.1, -0.05) is 107 Å². The Kier molecular flexibility index (Phi) is 7.25. The van der Waals surface area contributed by atoms with Gasteiger partial charge in [-0.15, -0.1) is 0 Å². The minimum Gasteiger partial charge on any atom is -0.220 e. The van der Waals surface area contributed by atoms with Crippen LogP contribution in [0.15, 0.2) is 22.6 Å². The van der Waals surface area contributed by atoms with Gasteiger partial charge in [0, 0.05) is 4.75 Å². The van der Waals surface area contributed by atoms with Crippen LogP contribution in [0.25, 0.3) is 0 Å². The number of anilines is 1. The van der Waals surface area contributed by atoms with Gasteiger partial charge >= 0.3 is 0 Å². The van der Waals surface area contributed by atoms with E-state index in [-0.39, 0.29) is 26.5 Å². The molecule has 0 bridgehead atoms. The fourth-order valence-electron chi connectivity index (χ4n) is 3.49. The van der Waals surface area contributed by atoms with Crippen LogP contribution in [0, 0.1) is 0 Å². The van der Waals surface area contributed by atoms with E-state index in [1.807, 2.05) is 11.4 Å². The molecule has 0 aliphatic carbocycles. The zero-order chi connectivity index (χ0) is 25.1. The molecule has 0 N–H and O–H groups in total. The Morgan fingerprint density at radius 3 is 1.41 bits per heavy atom. The Labute approximate surface area is 203 Å². The van der Waals surface area contributed by atoms with Crippen molar-refractivity contribution in [2.24, 2.45) is 10.4 Å². The third-order valence-electron chi connectivity index (χ3n) is 5.28. The molecule has 1 aliphatic heterocycles. The summed E-state index contributed by atoms with van der Waals surface area (Å²) in [6.45, 7) is 34.4. The Balaban J connectivity index is 2.88. The fourth-order valence-corrected chi connectivity index (χ4v) is 8.52. The predicted octanol–water partition coefficient (Wildman–Crippen LogP) is 9.54. The zero-order valence-corrected chi connectivity index (χ0v) is 25.0. The molecule has 182 valence electrons. The van der Waals surface area contributed by atoms with Crippen LogP contribution in [0.1, 0.15) is 121 Å². The van der Waals surface area contributed by atoms with Crippen molar-refractivity contribution < 1.29 is 0 Å². The summed E-state index contributed by atoms with van der Waals surface area (Å²) in [6.07, 6.45) is 0. The molecule has 0 radical (unpaired) electrons. The van der Waals surface area contributed by atoms with Crippen LogP contribution < -0.4 is 4.78 Å². The van der Waals surface area contributed by atoms with Crippen LogP contribution in [0.4, 0.5) is 5.69 Å². The van der Waals surface area contributed by atoms with Crippen molar-refractivity contribution in [3.63, 3.8) is 0 Å². The lowest BCUT2D eigenvalue weighted by molar-refractivity contribution is 0.272. The Morgan fingerprint density at radius 1 is 0.656 bits per heavy atom. The van der Waals surface area contributed by atoms with Gasteiger partial charge in [-0.05, 0) is 64.2 Å². The van der Waals surface area contributed by atoms with Gasteiger partial charge in [0.25, 0.3) is 0 Å². The normalized spacial score (nSPS) is 18.7. The van der Waals surface area contributed by atoms with Crippen molar-refractivity contribution in [3.05, 3.63) is 28.8 Å². The van der Waals surface area contributed by atoms with Crippen LogP contribution >= 0.6 is 18.8 Å². The van der Waals surface area contributed by atoms with Crippen molar-refractivity contribution in [2.75, 3.05) is 4.78 Å². The summed E-state index contributed by atoms with van der Waals surface area (Å²) in [5, 5.41) is 9.59. The van der Waals surface area contributed by atoms with E-state index in [9.17, 15) is 0 Å². The van der Waals surface area contributed by atoms with Gasteiger partial charge in [0.2, 0.25) is 7.42 Å². The molecule has 4 nitrogen and oxygen atoms in total. The van der Waals surface area contributed by atoms with Crippen LogP contribution in [0.5, 0.6) is 0 Å². The highest BCUT2D eigenvalue weighted by Gasteiger charge is 2.44. The largest absolute Gasteiger partial charge is 0.220 e. The second-order valence-corrected chi connectivity index (χ2v) is 18.3. The summed E-state index contributed by atoms with van der Waals surface area (Å²) in [5.74, 6) is 0. The molecule has 0 saturated carbocycles. The molecule has 1 unspecified atom stereocenters. The molecule has 0 fully saturated rings. The summed E-state index contributed by atoms with van der Waals surface area (Å²) in [6, 6.07) is 4.85. The van der Waals surface area contributed by atoms with Gasteiger partial charge in [0.1, 0.15) is 0 Å². The van der Waals surface area contributed by atoms with E-state index in [4.69, 9.17) is 10.4 Å². The third-order valence-corrected chi connectivity index (χ3v) is 10.7. The smallest absolute Gasteiger partial charge is 0.202 e. The first-order valence-corrected chi connectivity index (χ1v) is 14.4. The maximum absolute atomic E-state index is 4.85. The fraction of sp³-hybridized carbons (Fsp3) is 0.769. The average Bonchev–Trinajstić information content (AvgIpc) is 2.92. The van der Waals surface area contributed by atoms with E-state index >= 15 is 0 Å². The molecule has 2 rings (SSSR count). The minimum absolute atomic E-state index is 0.0192. The van der Waals surface area contributed by atoms with E-state index in [2.05, 4.69) is 126 Å². The molecule has 1 heterocycles. The van der Waals surface area contributed by atoms with Crippen LogP contribution in [-0.4, -0.2) is 15.1 Å². The molecular weight excluding hydrogens is 431 g/mol. The van der Waals surface area contributed by atoms with Crippen LogP contribution in [0.2, 0.25) is 0 Å². The number of rotatable bonds is 2. The van der Waals surface area contributed by atoms with Crippen molar-refractivity contribution in [2.45, 2.75) is 130 Å². The highest BCUT2D eigenvalue weighted by atomic mass is 32.7. The summed E-state index contributed by atoms with van der Waals surface area (Å²) < 4.78 is 4.59. The van der Waals surface area contributed by atoms with Crippen molar-refractivity contribution in [1.82, 2.24) is 4.78 Å². The van der Waals surface area contributed by atoms with Crippen molar-refractivity contribution in [1.29, 1.82) is 0 Å². The third kappa shape index (κ3) is 6.20. The molecule has 1 aromatic rings. The quantitative estimate of drug-likeness (QED) is 0.396. The summed E-state index contributed by atoms with van der Waals surface area (Å²) in [7, 11) is -0.839. The Bertz CT molecular complexity index is 823. The monoisotopic (exact) mass is 478 g/mol. The van der Waals surface area contributed by atoms with Gasteiger partial charge in [-0.25, -0.2) is 4.78 Å². The zero-order valence-electron chi connectivity index (χ0n) is 23.3. The lowest BCUT2D eigenvalue weighted by atomic mass is 9.74. The Hall–Kier alpha value is -0.800. The molecule has 1 atom stereocenters. The lowest BCUT2D eigenvalue weighted by Gasteiger charge is -2.41. The first-order chi connectivity index (χ1) is 14.0. The maximum Gasteiger partial charge on any atom is 0.202 e. The molecule has 0 spiro atoms. The molecule has 1 aliphatic rings. The van der Waals surface area contributed by atoms with Gasteiger partial charge < -0.3 is 0 Å². The van der Waals surface area contributed by atoms with E-state index < -0.39 is 7.42 Å². The van der Waals surface area contributed by atoms with Crippen molar-refractivity contribution >= 4 is 24.5 Å². The molecule has 32 heavy (non-hydrogen) atoms. The maximum atomic E-state index is 4.85. The SMILES string of the molecule is CC(C)(C)SP1N(c2c(C(C)(C)C)cc(C(C)(C)C)cc2C(C)(C)C)N=NN1C(C)(C)C. The first-order valence-electron chi connectivity index (χ1n) is 11.7. The number of hydrogen-bond acceptors (Lipinski definition) is 5. The Morgan fingerprint density at radius 2 is 1.09 bits per heavy atom. The summed E-state index contributed by atoms with van der Waals surface area (Å²) >= 11 is 1.98. The standard InChI is InChI=1S/C26H47N4PS/c1-22(2,3)18-16-19(23(4,5)6)21(20(17-18)24(7,8)9)29-27-28-30(25(10,11)12)31(29)32-26(13,14)15/h16-17H,1-15H3. The van der Waals surface area contributed by atoms with E-state index in [0.29, 0.717) is 0 Å². The first kappa shape index (κ1) is 27.4. The second kappa shape index (κ2) is 8.45.